The third-order valence-corrected chi connectivity index (χ3v) is 7.83. The van der Waals surface area contributed by atoms with Crippen LogP contribution in [0.25, 0.3) is 0 Å². The molecule has 4 heteroatoms. The summed E-state index contributed by atoms with van der Waals surface area (Å²) in [7, 11) is -1.60. The van der Waals surface area contributed by atoms with Gasteiger partial charge in [-0.3, -0.25) is 0 Å². The van der Waals surface area contributed by atoms with Gasteiger partial charge in [0.2, 0.25) is 0 Å². The molecule has 3 nitrogen and oxygen atoms in total. The van der Waals surface area contributed by atoms with E-state index >= 15 is 0 Å². The highest BCUT2D eigenvalue weighted by atomic mass is 28.4. The summed E-state index contributed by atoms with van der Waals surface area (Å²) in [5, 5.41) is 12.3. The maximum absolute atomic E-state index is 8.68. The summed E-state index contributed by atoms with van der Waals surface area (Å²) in [5.41, 5.74) is 0. The first-order valence-corrected chi connectivity index (χ1v) is 9.10. The minimum absolute atomic E-state index is 0.253. The topological polar surface area (TPSA) is 41.5 Å². The lowest BCUT2D eigenvalue weighted by Gasteiger charge is -2.37. The zero-order chi connectivity index (χ0) is 12.8. The van der Waals surface area contributed by atoms with Crippen LogP contribution in [0, 0.1) is 0 Å². The molecule has 0 aromatic carbocycles. The lowest BCUT2D eigenvalue weighted by atomic mass is 10.2. The first-order valence-electron chi connectivity index (χ1n) is 6.19. The van der Waals surface area contributed by atoms with Crippen LogP contribution in [0.2, 0.25) is 18.1 Å². The fraction of sp³-hybridized carbons (Fsp3) is 1.00. The molecular weight excluding hydrogens is 218 g/mol. The van der Waals surface area contributed by atoms with E-state index in [2.05, 4.69) is 46.1 Å². The largest absolute Gasteiger partial charge is 0.415 e. The van der Waals surface area contributed by atoms with E-state index in [4.69, 9.17) is 9.53 Å². The number of aliphatic hydroxyl groups is 1. The van der Waals surface area contributed by atoms with Crippen LogP contribution in [-0.4, -0.2) is 39.2 Å². The summed E-state index contributed by atoms with van der Waals surface area (Å²) in [4.78, 5) is 0. The maximum atomic E-state index is 8.68. The van der Waals surface area contributed by atoms with Crippen LogP contribution < -0.4 is 5.32 Å². The van der Waals surface area contributed by atoms with E-state index in [1.54, 1.807) is 0 Å². The molecule has 0 aliphatic rings. The minimum atomic E-state index is -1.60. The van der Waals surface area contributed by atoms with Crippen LogP contribution in [0.4, 0.5) is 0 Å². The predicted molar refractivity (Wildman–Crippen MR) is 72.3 cm³/mol. The molecule has 0 aliphatic carbocycles. The number of nitrogens with one attached hydrogen (secondary N) is 1. The molecule has 0 spiro atoms. The Bertz CT molecular complexity index is 190. The van der Waals surface area contributed by atoms with E-state index in [1.165, 1.54) is 0 Å². The fourth-order valence-corrected chi connectivity index (χ4v) is 2.14. The van der Waals surface area contributed by atoms with Gasteiger partial charge in [-0.2, -0.15) is 0 Å². The van der Waals surface area contributed by atoms with Gasteiger partial charge in [-0.15, -0.1) is 0 Å². The van der Waals surface area contributed by atoms with Gasteiger partial charge < -0.3 is 14.8 Å². The van der Waals surface area contributed by atoms with Gasteiger partial charge in [0.05, 0.1) is 0 Å². The molecule has 0 aromatic rings. The zero-order valence-electron chi connectivity index (χ0n) is 11.8. The number of hydrogen-bond donors (Lipinski definition) is 2. The standard InChI is InChI=1S/C12H29NO2Si/c1-11(13-8-7-9-14)10-15-16(5,6)12(2,3)4/h11,13-14H,7-10H2,1-6H3/t11-/m0/s1. The molecule has 0 bridgehead atoms. The summed E-state index contributed by atoms with van der Waals surface area (Å²) in [5.74, 6) is 0. The van der Waals surface area contributed by atoms with Crippen LogP contribution in [0.15, 0.2) is 0 Å². The number of aliphatic hydroxyl groups excluding tert-OH is 1. The molecule has 0 aromatic heterocycles. The van der Waals surface area contributed by atoms with Crippen LogP contribution in [-0.2, 0) is 4.43 Å². The zero-order valence-corrected chi connectivity index (χ0v) is 12.8. The van der Waals surface area contributed by atoms with Crippen molar-refractivity contribution >= 4 is 8.32 Å². The molecule has 0 unspecified atom stereocenters. The fourth-order valence-electron chi connectivity index (χ4n) is 1.04. The van der Waals surface area contributed by atoms with Crippen LogP contribution in [0.5, 0.6) is 0 Å². The summed E-state index contributed by atoms with van der Waals surface area (Å²) >= 11 is 0. The first kappa shape index (κ1) is 16.1. The Hall–Kier alpha value is 0.0969. The number of rotatable bonds is 7. The molecule has 0 rings (SSSR count). The molecule has 2 N–H and O–H groups in total. The van der Waals surface area contributed by atoms with Crippen molar-refractivity contribution in [3.63, 3.8) is 0 Å². The lowest BCUT2D eigenvalue weighted by Crippen LogP contribution is -2.44. The first-order chi connectivity index (χ1) is 7.20. The highest BCUT2D eigenvalue weighted by molar-refractivity contribution is 6.74. The third-order valence-electron chi connectivity index (χ3n) is 3.33. The van der Waals surface area contributed by atoms with Crippen molar-refractivity contribution in [3.05, 3.63) is 0 Å². The van der Waals surface area contributed by atoms with Crippen LogP contribution in [0.3, 0.4) is 0 Å². The SMILES string of the molecule is C[C@@H](CO[Si](C)(C)C(C)(C)C)NCCCO. The van der Waals surface area contributed by atoms with E-state index in [-0.39, 0.29) is 11.6 Å². The summed E-state index contributed by atoms with van der Waals surface area (Å²) in [6.07, 6.45) is 0.810. The van der Waals surface area contributed by atoms with Crippen molar-refractivity contribution in [1.82, 2.24) is 5.32 Å². The lowest BCUT2D eigenvalue weighted by molar-refractivity contribution is 0.242. The molecule has 0 fully saturated rings. The third kappa shape index (κ3) is 5.99. The van der Waals surface area contributed by atoms with Gasteiger partial charge >= 0.3 is 0 Å². The summed E-state index contributed by atoms with van der Waals surface area (Å²) in [6, 6.07) is 0.362. The Balaban J connectivity index is 3.86. The van der Waals surface area contributed by atoms with Gasteiger partial charge in [-0.25, -0.2) is 0 Å². The molecule has 0 aliphatic heterocycles. The van der Waals surface area contributed by atoms with Gasteiger partial charge in [-0.05, 0) is 38.0 Å². The van der Waals surface area contributed by atoms with Gasteiger partial charge in [0.25, 0.3) is 0 Å². The van der Waals surface area contributed by atoms with Crippen LogP contribution >= 0.6 is 0 Å². The molecule has 16 heavy (non-hydrogen) atoms. The van der Waals surface area contributed by atoms with Crippen molar-refractivity contribution in [2.45, 2.75) is 58.3 Å². The molecule has 0 saturated carbocycles. The van der Waals surface area contributed by atoms with Crippen molar-refractivity contribution in [2.24, 2.45) is 0 Å². The normalized spacial score (nSPS) is 15.2. The Morgan fingerprint density at radius 2 is 1.88 bits per heavy atom. The molecular formula is C12H29NO2Si. The summed E-state index contributed by atoms with van der Waals surface area (Å²) < 4.78 is 6.10. The van der Waals surface area contributed by atoms with E-state index in [1.807, 2.05) is 0 Å². The van der Waals surface area contributed by atoms with Crippen molar-refractivity contribution in [3.8, 4) is 0 Å². The van der Waals surface area contributed by atoms with Crippen molar-refractivity contribution < 1.29 is 9.53 Å². The van der Waals surface area contributed by atoms with Crippen molar-refractivity contribution in [2.75, 3.05) is 19.8 Å². The molecule has 1 atom stereocenters. The van der Waals surface area contributed by atoms with E-state index in [0.29, 0.717) is 6.04 Å². The Kier molecular flexibility index (Phi) is 6.78. The summed E-state index contributed by atoms with van der Waals surface area (Å²) in [6.45, 7) is 15.3. The molecule has 0 radical (unpaired) electrons. The number of hydrogen-bond acceptors (Lipinski definition) is 3. The predicted octanol–water partition coefficient (Wildman–Crippen LogP) is 2.37. The van der Waals surface area contributed by atoms with E-state index < -0.39 is 8.32 Å². The van der Waals surface area contributed by atoms with Gasteiger partial charge in [0.1, 0.15) is 0 Å². The van der Waals surface area contributed by atoms with E-state index in [9.17, 15) is 0 Å². The second kappa shape index (κ2) is 6.74. The highest BCUT2D eigenvalue weighted by Crippen LogP contribution is 2.36. The smallest absolute Gasteiger partial charge is 0.192 e. The Morgan fingerprint density at radius 3 is 2.31 bits per heavy atom. The van der Waals surface area contributed by atoms with Gasteiger partial charge in [0, 0.05) is 19.3 Å². The monoisotopic (exact) mass is 247 g/mol. The average Bonchev–Trinajstić information content (AvgIpc) is 2.13. The van der Waals surface area contributed by atoms with E-state index in [0.717, 1.165) is 19.6 Å². The Morgan fingerprint density at radius 1 is 1.31 bits per heavy atom. The minimum Gasteiger partial charge on any atom is -0.415 e. The molecule has 0 amide bonds. The quantitative estimate of drug-likeness (QED) is 0.536. The Labute approximate surface area is 102 Å². The van der Waals surface area contributed by atoms with Crippen molar-refractivity contribution in [1.29, 1.82) is 0 Å². The maximum Gasteiger partial charge on any atom is 0.192 e. The molecule has 0 saturated heterocycles. The second-order valence-corrected chi connectivity index (χ2v) is 10.8. The second-order valence-electron chi connectivity index (χ2n) is 6.00. The highest BCUT2D eigenvalue weighted by Gasteiger charge is 2.37. The van der Waals surface area contributed by atoms with Gasteiger partial charge in [0.15, 0.2) is 8.32 Å². The van der Waals surface area contributed by atoms with Crippen LogP contribution in [0.1, 0.15) is 34.1 Å². The molecule has 0 heterocycles. The average molecular weight is 247 g/mol. The van der Waals surface area contributed by atoms with Gasteiger partial charge in [-0.1, -0.05) is 20.8 Å². The molecule has 98 valence electrons.